The first-order valence-electron chi connectivity index (χ1n) is 6.34. The Morgan fingerprint density at radius 2 is 2.11 bits per heavy atom. The van der Waals surface area contributed by atoms with Gasteiger partial charge in [0, 0.05) is 17.6 Å². The molecular weight excluding hydrogens is 328 g/mol. The number of hydrogen-bond donors (Lipinski definition) is 2. The van der Waals surface area contributed by atoms with Crippen LogP contribution in [0.3, 0.4) is 0 Å². The van der Waals surface area contributed by atoms with E-state index in [1.54, 1.807) is 12.1 Å². The van der Waals surface area contributed by atoms with Gasteiger partial charge in [-0.1, -0.05) is 19.4 Å². The molecule has 1 aromatic carbocycles. The van der Waals surface area contributed by atoms with E-state index in [0.29, 0.717) is 17.6 Å². The van der Waals surface area contributed by atoms with Crippen molar-refractivity contribution in [3.63, 3.8) is 0 Å². The van der Waals surface area contributed by atoms with Crippen LogP contribution in [0.15, 0.2) is 27.6 Å². The summed E-state index contributed by atoms with van der Waals surface area (Å²) in [7, 11) is -3.49. The van der Waals surface area contributed by atoms with Crippen LogP contribution >= 0.6 is 15.9 Å². The van der Waals surface area contributed by atoms with Crippen molar-refractivity contribution in [2.75, 3.05) is 6.54 Å². The SMILES string of the molecule is CC1(CNS(=O)(=O)c2cc(CN)ccc2Br)CCC1. The van der Waals surface area contributed by atoms with E-state index < -0.39 is 10.0 Å². The summed E-state index contributed by atoms with van der Waals surface area (Å²) >= 11 is 3.29. The van der Waals surface area contributed by atoms with Gasteiger partial charge in [-0.3, -0.25) is 0 Å². The lowest BCUT2D eigenvalue weighted by Crippen LogP contribution is -2.40. The van der Waals surface area contributed by atoms with Crippen LogP contribution in [0, 0.1) is 5.41 Å². The fourth-order valence-corrected chi connectivity index (χ4v) is 4.40. The molecule has 1 aromatic rings. The predicted octanol–water partition coefficient (Wildman–Crippen LogP) is 2.38. The Bertz CT molecular complexity index is 568. The summed E-state index contributed by atoms with van der Waals surface area (Å²) in [6, 6.07) is 5.16. The molecule has 1 aliphatic rings. The Kier molecular flexibility index (Phi) is 4.35. The molecule has 0 bridgehead atoms. The minimum atomic E-state index is -3.49. The van der Waals surface area contributed by atoms with Gasteiger partial charge in [0.05, 0.1) is 4.90 Å². The number of sulfonamides is 1. The lowest BCUT2D eigenvalue weighted by atomic mass is 9.71. The zero-order chi connectivity index (χ0) is 14.1. The topological polar surface area (TPSA) is 72.2 Å². The Morgan fingerprint density at radius 3 is 2.63 bits per heavy atom. The maximum Gasteiger partial charge on any atom is 0.241 e. The zero-order valence-electron chi connectivity index (χ0n) is 10.9. The van der Waals surface area contributed by atoms with Crippen molar-refractivity contribution in [1.82, 2.24) is 4.72 Å². The van der Waals surface area contributed by atoms with Crippen molar-refractivity contribution in [3.8, 4) is 0 Å². The summed E-state index contributed by atoms with van der Waals surface area (Å²) in [6.07, 6.45) is 3.35. The van der Waals surface area contributed by atoms with Crippen LogP contribution in [0.5, 0.6) is 0 Å². The highest BCUT2D eigenvalue weighted by atomic mass is 79.9. The van der Waals surface area contributed by atoms with E-state index in [-0.39, 0.29) is 10.3 Å². The van der Waals surface area contributed by atoms with E-state index in [0.717, 1.165) is 18.4 Å². The second-order valence-corrected chi connectivity index (χ2v) is 8.05. The van der Waals surface area contributed by atoms with Gasteiger partial charge < -0.3 is 5.73 Å². The normalized spacial score (nSPS) is 18.1. The van der Waals surface area contributed by atoms with Gasteiger partial charge in [-0.15, -0.1) is 0 Å². The summed E-state index contributed by atoms with van der Waals surface area (Å²) in [6.45, 7) is 2.94. The Balaban J connectivity index is 2.18. The van der Waals surface area contributed by atoms with Crippen LogP contribution in [-0.2, 0) is 16.6 Å². The largest absolute Gasteiger partial charge is 0.326 e. The zero-order valence-corrected chi connectivity index (χ0v) is 13.4. The highest BCUT2D eigenvalue weighted by Crippen LogP contribution is 2.39. The van der Waals surface area contributed by atoms with Crippen molar-refractivity contribution >= 4 is 26.0 Å². The van der Waals surface area contributed by atoms with Gasteiger partial charge in [-0.2, -0.15) is 0 Å². The summed E-state index contributed by atoms with van der Waals surface area (Å²) in [5.41, 5.74) is 6.48. The molecule has 0 radical (unpaired) electrons. The molecule has 0 aromatic heterocycles. The summed E-state index contributed by atoms with van der Waals surface area (Å²) in [5, 5.41) is 0. The molecule has 0 heterocycles. The van der Waals surface area contributed by atoms with E-state index in [4.69, 9.17) is 5.73 Å². The smallest absolute Gasteiger partial charge is 0.241 e. The van der Waals surface area contributed by atoms with Crippen LogP contribution in [0.4, 0.5) is 0 Å². The Labute approximate surface area is 122 Å². The van der Waals surface area contributed by atoms with Crippen LogP contribution in [0.2, 0.25) is 0 Å². The number of nitrogens with one attached hydrogen (secondary N) is 1. The fraction of sp³-hybridized carbons (Fsp3) is 0.538. The molecule has 6 heteroatoms. The Hall–Kier alpha value is -0.430. The molecule has 1 saturated carbocycles. The summed E-state index contributed by atoms with van der Waals surface area (Å²) in [5.74, 6) is 0. The van der Waals surface area contributed by atoms with Crippen LogP contribution < -0.4 is 10.5 Å². The Morgan fingerprint density at radius 1 is 1.42 bits per heavy atom. The lowest BCUT2D eigenvalue weighted by molar-refractivity contribution is 0.166. The number of nitrogens with two attached hydrogens (primary N) is 1. The molecule has 19 heavy (non-hydrogen) atoms. The molecule has 0 spiro atoms. The van der Waals surface area contributed by atoms with Gasteiger partial charge in [0.25, 0.3) is 0 Å². The fourth-order valence-electron chi connectivity index (χ4n) is 2.18. The van der Waals surface area contributed by atoms with Crippen molar-refractivity contribution in [2.45, 2.75) is 37.6 Å². The van der Waals surface area contributed by atoms with Crippen molar-refractivity contribution in [1.29, 1.82) is 0 Å². The van der Waals surface area contributed by atoms with Gasteiger partial charge >= 0.3 is 0 Å². The summed E-state index contributed by atoms with van der Waals surface area (Å²) < 4.78 is 27.9. The average Bonchev–Trinajstić information content (AvgIpc) is 2.34. The first-order valence-corrected chi connectivity index (χ1v) is 8.62. The monoisotopic (exact) mass is 346 g/mol. The van der Waals surface area contributed by atoms with E-state index >= 15 is 0 Å². The number of benzene rings is 1. The molecule has 3 N–H and O–H groups in total. The molecule has 0 aliphatic heterocycles. The second kappa shape index (κ2) is 5.52. The first kappa shape index (κ1) is 15.0. The average molecular weight is 347 g/mol. The van der Waals surface area contributed by atoms with Gasteiger partial charge in [0.2, 0.25) is 10.0 Å². The van der Waals surface area contributed by atoms with E-state index in [1.165, 1.54) is 6.42 Å². The quantitative estimate of drug-likeness (QED) is 0.859. The summed E-state index contributed by atoms with van der Waals surface area (Å²) in [4.78, 5) is 0.262. The maximum absolute atomic E-state index is 12.3. The van der Waals surface area contributed by atoms with Crippen LogP contribution in [0.1, 0.15) is 31.7 Å². The molecule has 0 atom stereocenters. The van der Waals surface area contributed by atoms with Crippen molar-refractivity contribution in [3.05, 3.63) is 28.2 Å². The molecule has 0 amide bonds. The third-order valence-corrected chi connectivity index (χ3v) is 6.17. The molecule has 0 unspecified atom stereocenters. The van der Waals surface area contributed by atoms with Gasteiger partial charge in [0.15, 0.2) is 0 Å². The van der Waals surface area contributed by atoms with Gasteiger partial charge in [-0.25, -0.2) is 13.1 Å². The second-order valence-electron chi connectivity index (χ2n) is 5.46. The van der Waals surface area contributed by atoms with E-state index in [9.17, 15) is 8.42 Å². The molecule has 0 saturated heterocycles. The van der Waals surface area contributed by atoms with Crippen LogP contribution in [-0.4, -0.2) is 15.0 Å². The number of hydrogen-bond acceptors (Lipinski definition) is 3. The van der Waals surface area contributed by atoms with Crippen molar-refractivity contribution in [2.24, 2.45) is 11.1 Å². The third-order valence-electron chi connectivity index (χ3n) is 3.77. The van der Waals surface area contributed by atoms with E-state index in [2.05, 4.69) is 27.6 Å². The minimum Gasteiger partial charge on any atom is -0.326 e. The highest BCUT2D eigenvalue weighted by molar-refractivity contribution is 9.10. The van der Waals surface area contributed by atoms with Crippen LogP contribution in [0.25, 0.3) is 0 Å². The van der Waals surface area contributed by atoms with Gasteiger partial charge in [-0.05, 0) is 51.9 Å². The third kappa shape index (κ3) is 3.37. The predicted molar refractivity (Wildman–Crippen MR) is 79.2 cm³/mol. The molecule has 2 rings (SSSR count). The standard InChI is InChI=1S/C13H19BrN2O2S/c1-13(5-2-6-13)9-16-19(17,18)12-7-10(8-15)3-4-11(12)14/h3-4,7,16H,2,5-6,8-9,15H2,1H3. The highest BCUT2D eigenvalue weighted by Gasteiger charge is 2.33. The number of halogens is 1. The molecule has 1 fully saturated rings. The molecular formula is C13H19BrN2O2S. The maximum atomic E-state index is 12.3. The molecule has 1 aliphatic carbocycles. The first-order chi connectivity index (χ1) is 8.86. The number of rotatable bonds is 5. The lowest BCUT2D eigenvalue weighted by Gasteiger charge is -2.38. The van der Waals surface area contributed by atoms with E-state index in [1.807, 2.05) is 6.07 Å². The van der Waals surface area contributed by atoms with Gasteiger partial charge in [0.1, 0.15) is 0 Å². The molecule has 4 nitrogen and oxygen atoms in total. The van der Waals surface area contributed by atoms with Crippen molar-refractivity contribution < 1.29 is 8.42 Å². The minimum absolute atomic E-state index is 0.116. The molecule has 106 valence electrons.